The third kappa shape index (κ3) is 4.76. The van der Waals surface area contributed by atoms with Crippen molar-refractivity contribution in [3.8, 4) is 78.8 Å². The van der Waals surface area contributed by atoms with Crippen LogP contribution in [0.4, 0.5) is 0 Å². The van der Waals surface area contributed by atoms with E-state index < -0.39 is 5.41 Å². The first-order valence-electron chi connectivity index (χ1n) is 20.4. The lowest BCUT2D eigenvalue weighted by Gasteiger charge is -2.40. The molecule has 0 radical (unpaired) electrons. The van der Waals surface area contributed by atoms with Crippen LogP contribution in [-0.4, -0.2) is 9.97 Å². The molecule has 12 rings (SSSR count). The van der Waals surface area contributed by atoms with Crippen LogP contribution in [0.5, 0.6) is 11.5 Å². The molecule has 3 aliphatic rings. The van der Waals surface area contributed by atoms with E-state index in [0.717, 1.165) is 50.7 Å². The highest BCUT2D eigenvalue weighted by Crippen LogP contribution is 2.66. The molecule has 9 aromatic rings. The topological polar surface area (TPSA) is 35.0 Å². The van der Waals surface area contributed by atoms with E-state index in [4.69, 9.17) is 14.7 Å². The fourth-order valence-electron chi connectivity index (χ4n) is 10.3. The second-order valence-electron chi connectivity index (χ2n) is 16.4. The first-order valence-corrected chi connectivity index (χ1v) is 20.4. The molecule has 0 fully saturated rings. The van der Waals surface area contributed by atoms with E-state index in [1.54, 1.807) is 0 Å². The minimum atomic E-state index is -0.553. The van der Waals surface area contributed by atoms with Gasteiger partial charge in [0.15, 0.2) is 5.82 Å². The molecule has 3 heteroatoms. The fourth-order valence-corrected chi connectivity index (χ4v) is 10.3. The number of rotatable bonds is 4. The minimum Gasteiger partial charge on any atom is -0.456 e. The summed E-state index contributed by atoms with van der Waals surface area (Å²) in [4.78, 5) is 10.6. The summed E-state index contributed by atoms with van der Waals surface area (Å²) in [6.07, 6.45) is 0. The number of nitrogens with zero attached hydrogens (tertiary/aromatic N) is 2. The second-order valence-corrected chi connectivity index (χ2v) is 16.4. The smallest absolute Gasteiger partial charge is 0.160 e. The standard InChI is InChI=1S/C56H38N2O/c1-55(2)45-26-15-22-41(49-34-48(57-54(58-49)38-18-7-4-8-19-38)37-30-28-36(29-31-37)35-16-5-3-6-17-35)51(45)52-46(55)32-33-47-53(52)59-50-27-14-13-25-44(50)56(47)42-23-11-9-20-39(42)40-21-10-12-24-43(40)56/h3-34H,1-2H3. The van der Waals surface area contributed by atoms with Gasteiger partial charge in [-0.1, -0.05) is 196 Å². The Morgan fingerprint density at radius 2 is 0.881 bits per heavy atom. The lowest BCUT2D eigenvalue weighted by molar-refractivity contribution is 0.437. The predicted molar refractivity (Wildman–Crippen MR) is 239 cm³/mol. The first kappa shape index (κ1) is 33.7. The average molecular weight is 755 g/mol. The van der Waals surface area contributed by atoms with Crippen LogP contribution in [-0.2, 0) is 10.8 Å². The van der Waals surface area contributed by atoms with E-state index in [1.165, 1.54) is 55.6 Å². The van der Waals surface area contributed by atoms with Crippen LogP contribution in [0.15, 0.2) is 194 Å². The molecule has 1 spiro atoms. The molecule has 0 bridgehead atoms. The molecule has 0 amide bonds. The Labute approximate surface area is 344 Å². The minimum absolute atomic E-state index is 0.292. The van der Waals surface area contributed by atoms with Crippen molar-refractivity contribution in [1.82, 2.24) is 9.97 Å². The highest BCUT2D eigenvalue weighted by atomic mass is 16.5. The number of fused-ring (bicyclic) bond motifs is 13. The molecule has 278 valence electrons. The molecule has 0 unspecified atom stereocenters. The van der Waals surface area contributed by atoms with E-state index >= 15 is 0 Å². The van der Waals surface area contributed by atoms with Crippen molar-refractivity contribution in [3.05, 3.63) is 228 Å². The Bertz CT molecular complexity index is 3100. The second kappa shape index (κ2) is 12.6. The Kier molecular flexibility index (Phi) is 7.19. The Hall–Kier alpha value is -7.36. The molecule has 0 saturated heterocycles. The predicted octanol–water partition coefficient (Wildman–Crippen LogP) is 13.9. The summed E-state index contributed by atoms with van der Waals surface area (Å²) in [6.45, 7) is 4.69. The van der Waals surface area contributed by atoms with Crippen molar-refractivity contribution >= 4 is 0 Å². The number of ether oxygens (including phenoxy) is 1. The van der Waals surface area contributed by atoms with Gasteiger partial charge in [-0.05, 0) is 62.2 Å². The normalized spacial score (nSPS) is 14.3. The number of aromatic nitrogens is 2. The van der Waals surface area contributed by atoms with E-state index in [2.05, 4.69) is 202 Å². The zero-order valence-electron chi connectivity index (χ0n) is 32.8. The third-order valence-electron chi connectivity index (χ3n) is 13.0. The zero-order chi connectivity index (χ0) is 39.3. The van der Waals surface area contributed by atoms with Crippen molar-refractivity contribution in [2.45, 2.75) is 24.7 Å². The molecule has 0 N–H and O–H groups in total. The van der Waals surface area contributed by atoms with Crippen LogP contribution in [0.25, 0.3) is 67.3 Å². The summed E-state index contributed by atoms with van der Waals surface area (Å²) in [5.41, 5.74) is 18.6. The summed E-state index contributed by atoms with van der Waals surface area (Å²) in [5.74, 6) is 2.50. The van der Waals surface area contributed by atoms with Crippen LogP contribution < -0.4 is 4.74 Å². The van der Waals surface area contributed by atoms with Crippen molar-refractivity contribution in [1.29, 1.82) is 0 Å². The number of benzene rings is 8. The summed E-state index contributed by atoms with van der Waals surface area (Å²) >= 11 is 0. The largest absolute Gasteiger partial charge is 0.456 e. The van der Waals surface area contributed by atoms with Gasteiger partial charge in [-0.25, -0.2) is 9.97 Å². The average Bonchev–Trinajstić information content (AvgIpc) is 3.73. The van der Waals surface area contributed by atoms with Gasteiger partial charge in [0.2, 0.25) is 0 Å². The summed E-state index contributed by atoms with van der Waals surface area (Å²) < 4.78 is 7.28. The van der Waals surface area contributed by atoms with Gasteiger partial charge >= 0.3 is 0 Å². The van der Waals surface area contributed by atoms with Crippen LogP contribution in [0.1, 0.15) is 47.2 Å². The Morgan fingerprint density at radius 1 is 0.373 bits per heavy atom. The van der Waals surface area contributed by atoms with Gasteiger partial charge in [0, 0.05) is 38.8 Å². The molecule has 2 aliphatic carbocycles. The monoisotopic (exact) mass is 754 g/mol. The van der Waals surface area contributed by atoms with E-state index in [-0.39, 0.29) is 5.41 Å². The Balaban J connectivity index is 1.11. The third-order valence-corrected chi connectivity index (χ3v) is 13.0. The fraction of sp³-hybridized carbons (Fsp3) is 0.0714. The van der Waals surface area contributed by atoms with E-state index in [9.17, 15) is 0 Å². The lowest BCUT2D eigenvalue weighted by atomic mass is 9.65. The molecular formula is C56H38N2O. The van der Waals surface area contributed by atoms with Crippen molar-refractivity contribution in [2.75, 3.05) is 0 Å². The van der Waals surface area contributed by atoms with Gasteiger partial charge in [0.1, 0.15) is 11.5 Å². The Morgan fingerprint density at radius 3 is 1.59 bits per heavy atom. The maximum Gasteiger partial charge on any atom is 0.160 e. The van der Waals surface area contributed by atoms with Crippen LogP contribution in [0.2, 0.25) is 0 Å². The number of hydrogen-bond donors (Lipinski definition) is 0. The molecule has 59 heavy (non-hydrogen) atoms. The summed E-state index contributed by atoms with van der Waals surface area (Å²) in [6, 6.07) is 69.7. The molecule has 8 aromatic carbocycles. The first-order chi connectivity index (χ1) is 29.0. The molecular weight excluding hydrogens is 717 g/mol. The number of para-hydroxylation sites is 1. The van der Waals surface area contributed by atoms with Crippen LogP contribution in [0, 0.1) is 0 Å². The SMILES string of the molecule is CC1(C)c2cccc(-c3cc(-c4ccc(-c5ccccc5)cc4)nc(-c4ccccc4)n3)c2-c2c1ccc1c2Oc2ccccc2C12c1ccccc1-c1ccccc12. The van der Waals surface area contributed by atoms with Gasteiger partial charge in [0.25, 0.3) is 0 Å². The number of hydrogen-bond acceptors (Lipinski definition) is 3. The van der Waals surface area contributed by atoms with Crippen molar-refractivity contribution < 1.29 is 4.74 Å². The molecule has 0 atom stereocenters. The van der Waals surface area contributed by atoms with Crippen LogP contribution >= 0.6 is 0 Å². The van der Waals surface area contributed by atoms with Gasteiger partial charge in [-0.3, -0.25) is 0 Å². The van der Waals surface area contributed by atoms with Gasteiger partial charge in [0.05, 0.1) is 16.8 Å². The molecule has 3 nitrogen and oxygen atoms in total. The quantitative estimate of drug-likeness (QED) is 0.179. The van der Waals surface area contributed by atoms with Gasteiger partial charge in [-0.2, -0.15) is 0 Å². The van der Waals surface area contributed by atoms with E-state index in [0.29, 0.717) is 5.82 Å². The highest BCUT2D eigenvalue weighted by molar-refractivity contribution is 5.98. The highest BCUT2D eigenvalue weighted by Gasteiger charge is 2.53. The van der Waals surface area contributed by atoms with Crippen molar-refractivity contribution in [3.63, 3.8) is 0 Å². The molecule has 1 aromatic heterocycles. The van der Waals surface area contributed by atoms with Gasteiger partial charge in [-0.15, -0.1) is 0 Å². The van der Waals surface area contributed by atoms with Crippen LogP contribution in [0.3, 0.4) is 0 Å². The maximum absolute atomic E-state index is 7.28. The summed E-state index contributed by atoms with van der Waals surface area (Å²) in [5, 5.41) is 0. The lowest BCUT2D eigenvalue weighted by Crippen LogP contribution is -2.32. The van der Waals surface area contributed by atoms with Gasteiger partial charge < -0.3 is 4.74 Å². The maximum atomic E-state index is 7.28. The van der Waals surface area contributed by atoms with E-state index in [1.807, 2.05) is 6.07 Å². The molecule has 1 aliphatic heterocycles. The molecule has 0 saturated carbocycles. The summed E-state index contributed by atoms with van der Waals surface area (Å²) in [7, 11) is 0. The zero-order valence-corrected chi connectivity index (χ0v) is 32.8. The van der Waals surface area contributed by atoms with Crippen molar-refractivity contribution in [2.24, 2.45) is 0 Å². The molecule has 2 heterocycles.